The standard InChI is InChI=1S/C18H26N4O/c1-14-2-4-15(5-3-14)18(10-11-22-13-19-12-20-22)21-16-6-8-17(23)9-7-16/h2-5,12-13,16-18,21,23H,6-11H2,1H3/t16?,17?,18-/m1/s1. The molecule has 2 N–H and O–H groups in total. The van der Waals surface area contributed by atoms with Gasteiger partial charge in [-0.15, -0.1) is 0 Å². The summed E-state index contributed by atoms with van der Waals surface area (Å²) in [5.41, 5.74) is 2.60. The van der Waals surface area contributed by atoms with Crippen LogP contribution in [0.2, 0.25) is 0 Å². The number of nitrogens with one attached hydrogen (secondary N) is 1. The Kier molecular flexibility index (Phi) is 5.41. The Morgan fingerprint density at radius 2 is 1.96 bits per heavy atom. The van der Waals surface area contributed by atoms with E-state index in [2.05, 4.69) is 46.6 Å². The first-order valence-electron chi connectivity index (χ1n) is 8.54. The van der Waals surface area contributed by atoms with E-state index in [1.165, 1.54) is 11.1 Å². The topological polar surface area (TPSA) is 63.0 Å². The number of hydrogen-bond donors (Lipinski definition) is 2. The van der Waals surface area contributed by atoms with Gasteiger partial charge in [0.15, 0.2) is 0 Å². The molecule has 0 aliphatic heterocycles. The molecular formula is C18H26N4O. The fraction of sp³-hybridized carbons (Fsp3) is 0.556. The number of aliphatic hydroxyl groups is 1. The quantitative estimate of drug-likeness (QED) is 0.860. The van der Waals surface area contributed by atoms with Gasteiger partial charge in [-0.3, -0.25) is 4.68 Å². The third-order valence-corrected chi connectivity index (χ3v) is 4.73. The van der Waals surface area contributed by atoms with Gasteiger partial charge in [0.25, 0.3) is 0 Å². The summed E-state index contributed by atoms with van der Waals surface area (Å²) < 4.78 is 1.88. The molecule has 3 rings (SSSR count). The minimum absolute atomic E-state index is 0.110. The highest BCUT2D eigenvalue weighted by molar-refractivity contribution is 5.24. The maximum atomic E-state index is 9.69. The predicted octanol–water partition coefficient (Wildman–Crippen LogP) is 2.61. The van der Waals surface area contributed by atoms with Gasteiger partial charge in [0.1, 0.15) is 12.7 Å². The van der Waals surface area contributed by atoms with Gasteiger partial charge in [0.2, 0.25) is 0 Å². The Morgan fingerprint density at radius 1 is 1.22 bits per heavy atom. The molecule has 0 radical (unpaired) electrons. The van der Waals surface area contributed by atoms with Crippen molar-refractivity contribution in [3.05, 3.63) is 48.0 Å². The lowest BCUT2D eigenvalue weighted by Crippen LogP contribution is -2.37. The zero-order valence-corrected chi connectivity index (χ0v) is 13.7. The maximum Gasteiger partial charge on any atom is 0.137 e. The second-order valence-electron chi connectivity index (χ2n) is 6.58. The van der Waals surface area contributed by atoms with E-state index in [0.717, 1.165) is 38.6 Å². The lowest BCUT2D eigenvalue weighted by atomic mass is 9.91. The van der Waals surface area contributed by atoms with Crippen molar-refractivity contribution in [1.82, 2.24) is 20.1 Å². The first-order valence-corrected chi connectivity index (χ1v) is 8.54. The molecular weight excluding hydrogens is 288 g/mol. The van der Waals surface area contributed by atoms with Crippen molar-refractivity contribution in [3.63, 3.8) is 0 Å². The molecule has 124 valence electrons. The van der Waals surface area contributed by atoms with Crippen molar-refractivity contribution in [1.29, 1.82) is 0 Å². The first-order chi connectivity index (χ1) is 11.2. The third kappa shape index (κ3) is 4.62. The second-order valence-corrected chi connectivity index (χ2v) is 6.58. The van der Waals surface area contributed by atoms with Crippen LogP contribution in [0.1, 0.15) is 49.3 Å². The zero-order chi connectivity index (χ0) is 16.1. The Labute approximate surface area is 137 Å². The number of nitrogens with zero attached hydrogens (tertiary/aromatic N) is 3. The Hall–Kier alpha value is -1.72. The zero-order valence-electron chi connectivity index (χ0n) is 13.7. The van der Waals surface area contributed by atoms with E-state index in [0.29, 0.717) is 12.1 Å². The van der Waals surface area contributed by atoms with E-state index in [4.69, 9.17) is 0 Å². The average molecular weight is 314 g/mol. The molecule has 1 aliphatic carbocycles. The number of benzene rings is 1. The number of aromatic nitrogens is 3. The minimum Gasteiger partial charge on any atom is -0.393 e. The van der Waals surface area contributed by atoms with Crippen LogP contribution in [0.15, 0.2) is 36.9 Å². The maximum absolute atomic E-state index is 9.69. The molecule has 0 spiro atoms. The third-order valence-electron chi connectivity index (χ3n) is 4.73. The molecule has 23 heavy (non-hydrogen) atoms. The van der Waals surface area contributed by atoms with E-state index in [1.807, 2.05) is 4.68 Å². The summed E-state index contributed by atoms with van der Waals surface area (Å²) in [4.78, 5) is 4.01. The van der Waals surface area contributed by atoms with Crippen LogP contribution in [0, 0.1) is 6.92 Å². The highest BCUT2D eigenvalue weighted by atomic mass is 16.3. The summed E-state index contributed by atoms with van der Waals surface area (Å²) >= 11 is 0. The van der Waals surface area contributed by atoms with Crippen molar-refractivity contribution in [3.8, 4) is 0 Å². The van der Waals surface area contributed by atoms with Crippen molar-refractivity contribution in [2.24, 2.45) is 0 Å². The fourth-order valence-electron chi connectivity index (χ4n) is 3.28. The highest BCUT2D eigenvalue weighted by Crippen LogP contribution is 2.24. The lowest BCUT2D eigenvalue weighted by Gasteiger charge is -2.31. The van der Waals surface area contributed by atoms with Crippen molar-refractivity contribution >= 4 is 0 Å². The molecule has 1 fully saturated rings. The van der Waals surface area contributed by atoms with Crippen LogP contribution in [0.4, 0.5) is 0 Å². The normalized spacial score (nSPS) is 22.9. The molecule has 2 aromatic rings. The molecule has 5 nitrogen and oxygen atoms in total. The average Bonchev–Trinajstić information content (AvgIpc) is 3.08. The lowest BCUT2D eigenvalue weighted by molar-refractivity contribution is 0.113. The Morgan fingerprint density at radius 3 is 2.61 bits per heavy atom. The number of hydrogen-bond acceptors (Lipinski definition) is 4. The summed E-state index contributed by atoms with van der Waals surface area (Å²) in [6, 6.07) is 9.56. The Bertz CT molecular complexity index is 574. The van der Waals surface area contributed by atoms with Crippen molar-refractivity contribution in [2.75, 3.05) is 0 Å². The van der Waals surface area contributed by atoms with E-state index in [9.17, 15) is 5.11 Å². The van der Waals surface area contributed by atoms with Gasteiger partial charge in [0, 0.05) is 18.6 Å². The molecule has 1 saturated carbocycles. The fourth-order valence-corrected chi connectivity index (χ4v) is 3.28. The Balaban J connectivity index is 1.66. The van der Waals surface area contributed by atoms with Crippen LogP contribution < -0.4 is 5.32 Å². The molecule has 1 atom stereocenters. The summed E-state index contributed by atoms with van der Waals surface area (Å²) in [7, 11) is 0. The van der Waals surface area contributed by atoms with Crippen molar-refractivity contribution < 1.29 is 5.11 Å². The van der Waals surface area contributed by atoms with E-state index >= 15 is 0 Å². The van der Waals surface area contributed by atoms with E-state index < -0.39 is 0 Å². The van der Waals surface area contributed by atoms with Gasteiger partial charge in [-0.05, 0) is 44.6 Å². The van der Waals surface area contributed by atoms with Crippen LogP contribution in [-0.4, -0.2) is 32.0 Å². The van der Waals surface area contributed by atoms with Gasteiger partial charge < -0.3 is 10.4 Å². The molecule has 0 unspecified atom stereocenters. The van der Waals surface area contributed by atoms with Gasteiger partial charge in [0.05, 0.1) is 6.10 Å². The monoisotopic (exact) mass is 314 g/mol. The summed E-state index contributed by atoms with van der Waals surface area (Å²) in [5.74, 6) is 0. The predicted molar refractivity (Wildman–Crippen MR) is 90.0 cm³/mol. The van der Waals surface area contributed by atoms with Crippen LogP contribution in [0.5, 0.6) is 0 Å². The molecule has 0 amide bonds. The van der Waals surface area contributed by atoms with Gasteiger partial charge >= 0.3 is 0 Å². The summed E-state index contributed by atoms with van der Waals surface area (Å²) in [6.45, 7) is 2.96. The second kappa shape index (κ2) is 7.70. The SMILES string of the molecule is Cc1ccc([C@@H](CCn2cncn2)NC2CCC(O)CC2)cc1. The van der Waals surface area contributed by atoms with Gasteiger partial charge in [-0.1, -0.05) is 29.8 Å². The van der Waals surface area contributed by atoms with E-state index in [-0.39, 0.29) is 6.10 Å². The summed E-state index contributed by atoms with van der Waals surface area (Å²) in [6.07, 6.45) is 8.12. The molecule has 0 bridgehead atoms. The molecule has 1 aromatic heterocycles. The summed E-state index contributed by atoms with van der Waals surface area (Å²) in [5, 5.41) is 17.7. The van der Waals surface area contributed by atoms with Crippen molar-refractivity contribution in [2.45, 2.75) is 63.8 Å². The molecule has 0 saturated heterocycles. The highest BCUT2D eigenvalue weighted by Gasteiger charge is 2.22. The van der Waals surface area contributed by atoms with Crippen LogP contribution >= 0.6 is 0 Å². The number of rotatable bonds is 6. The van der Waals surface area contributed by atoms with Crippen LogP contribution in [0.25, 0.3) is 0 Å². The largest absolute Gasteiger partial charge is 0.393 e. The van der Waals surface area contributed by atoms with Crippen LogP contribution in [-0.2, 0) is 6.54 Å². The smallest absolute Gasteiger partial charge is 0.137 e. The first kappa shape index (κ1) is 16.1. The number of aryl methyl sites for hydroxylation is 2. The molecule has 1 heterocycles. The molecule has 1 aromatic carbocycles. The van der Waals surface area contributed by atoms with E-state index in [1.54, 1.807) is 12.7 Å². The van der Waals surface area contributed by atoms with Gasteiger partial charge in [-0.25, -0.2) is 4.98 Å². The molecule has 5 heteroatoms. The van der Waals surface area contributed by atoms with Crippen LogP contribution in [0.3, 0.4) is 0 Å². The van der Waals surface area contributed by atoms with Gasteiger partial charge in [-0.2, -0.15) is 5.10 Å². The number of aliphatic hydroxyl groups excluding tert-OH is 1. The molecule has 1 aliphatic rings. The minimum atomic E-state index is -0.110.